The standard InChI is InChI=1S/C8H17O3/c1-2-5-8(10,11)6-3-4-7-9/h9-11H,1-7H2. The van der Waals surface area contributed by atoms with Crippen LogP contribution in [0.15, 0.2) is 0 Å². The Morgan fingerprint density at radius 1 is 1.09 bits per heavy atom. The van der Waals surface area contributed by atoms with Crippen molar-refractivity contribution in [3.63, 3.8) is 0 Å². The summed E-state index contributed by atoms with van der Waals surface area (Å²) in [7, 11) is 0. The van der Waals surface area contributed by atoms with Gasteiger partial charge in [-0.25, -0.2) is 0 Å². The molecule has 3 nitrogen and oxygen atoms in total. The van der Waals surface area contributed by atoms with Crippen LogP contribution in [0.5, 0.6) is 0 Å². The van der Waals surface area contributed by atoms with E-state index in [-0.39, 0.29) is 6.61 Å². The van der Waals surface area contributed by atoms with Crippen LogP contribution in [-0.2, 0) is 0 Å². The normalized spacial score (nSPS) is 12.0. The highest BCUT2D eigenvalue weighted by molar-refractivity contribution is 4.64. The Morgan fingerprint density at radius 3 is 2.18 bits per heavy atom. The molecule has 0 spiro atoms. The third-order valence-corrected chi connectivity index (χ3v) is 1.56. The van der Waals surface area contributed by atoms with Crippen molar-refractivity contribution < 1.29 is 15.3 Å². The van der Waals surface area contributed by atoms with Crippen LogP contribution < -0.4 is 0 Å². The monoisotopic (exact) mass is 161 g/mol. The molecular weight excluding hydrogens is 144 g/mol. The number of rotatable bonds is 6. The molecule has 1 radical (unpaired) electrons. The van der Waals surface area contributed by atoms with Gasteiger partial charge in [0.05, 0.1) is 0 Å². The average Bonchev–Trinajstić information content (AvgIpc) is 1.87. The smallest absolute Gasteiger partial charge is 0.162 e. The van der Waals surface area contributed by atoms with E-state index < -0.39 is 5.79 Å². The van der Waals surface area contributed by atoms with Crippen LogP contribution in [-0.4, -0.2) is 27.7 Å². The fraction of sp³-hybridized carbons (Fsp3) is 0.875. The van der Waals surface area contributed by atoms with Crippen molar-refractivity contribution in [1.82, 2.24) is 0 Å². The predicted molar refractivity (Wildman–Crippen MR) is 42.7 cm³/mol. The molecule has 0 fully saturated rings. The number of hydrogen-bond acceptors (Lipinski definition) is 3. The number of unbranched alkanes of at least 4 members (excludes halogenated alkanes) is 1. The molecule has 0 aliphatic rings. The van der Waals surface area contributed by atoms with E-state index in [1.165, 1.54) is 0 Å². The maximum atomic E-state index is 9.18. The maximum absolute atomic E-state index is 9.18. The zero-order chi connectivity index (χ0) is 8.74. The van der Waals surface area contributed by atoms with Crippen molar-refractivity contribution in [1.29, 1.82) is 0 Å². The topological polar surface area (TPSA) is 60.7 Å². The molecule has 3 N–H and O–H groups in total. The molecule has 0 saturated heterocycles. The molecule has 0 aliphatic carbocycles. The van der Waals surface area contributed by atoms with Gasteiger partial charge in [-0.15, -0.1) is 0 Å². The second-order valence-electron chi connectivity index (χ2n) is 2.77. The summed E-state index contributed by atoms with van der Waals surface area (Å²) < 4.78 is 0. The van der Waals surface area contributed by atoms with Crippen LogP contribution in [0, 0.1) is 6.92 Å². The summed E-state index contributed by atoms with van der Waals surface area (Å²) in [6, 6.07) is 0. The van der Waals surface area contributed by atoms with Gasteiger partial charge in [-0.2, -0.15) is 0 Å². The van der Waals surface area contributed by atoms with Gasteiger partial charge < -0.3 is 15.3 Å². The van der Waals surface area contributed by atoms with E-state index in [4.69, 9.17) is 5.11 Å². The van der Waals surface area contributed by atoms with Crippen molar-refractivity contribution in [2.75, 3.05) is 6.61 Å². The number of aliphatic hydroxyl groups is 3. The average molecular weight is 161 g/mol. The summed E-state index contributed by atoms with van der Waals surface area (Å²) in [5, 5.41) is 26.8. The lowest BCUT2D eigenvalue weighted by molar-refractivity contribution is -0.170. The first-order valence-corrected chi connectivity index (χ1v) is 3.97. The molecule has 0 aromatic heterocycles. The lowest BCUT2D eigenvalue weighted by Crippen LogP contribution is -2.27. The molecule has 0 amide bonds. The third kappa shape index (κ3) is 6.28. The molecule has 0 rings (SSSR count). The minimum Gasteiger partial charge on any atom is -0.396 e. The largest absolute Gasteiger partial charge is 0.396 e. The Kier molecular flexibility index (Phi) is 5.46. The minimum atomic E-state index is -1.57. The second kappa shape index (κ2) is 5.52. The van der Waals surface area contributed by atoms with Crippen molar-refractivity contribution in [3.05, 3.63) is 6.92 Å². The Morgan fingerprint density at radius 2 is 1.73 bits per heavy atom. The molecule has 0 unspecified atom stereocenters. The van der Waals surface area contributed by atoms with Gasteiger partial charge >= 0.3 is 0 Å². The van der Waals surface area contributed by atoms with Gasteiger partial charge in [-0.05, 0) is 19.3 Å². The predicted octanol–water partition coefficient (Wildman–Crippen LogP) is 0.444. The minimum absolute atomic E-state index is 0.112. The van der Waals surface area contributed by atoms with E-state index in [2.05, 4.69) is 6.92 Å². The van der Waals surface area contributed by atoms with Crippen molar-refractivity contribution in [3.8, 4) is 0 Å². The SMILES string of the molecule is [CH2]CCC(O)(O)CCCCO. The van der Waals surface area contributed by atoms with E-state index in [1.54, 1.807) is 0 Å². The molecule has 0 aliphatic heterocycles. The second-order valence-corrected chi connectivity index (χ2v) is 2.77. The zero-order valence-electron chi connectivity index (χ0n) is 6.79. The van der Waals surface area contributed by atoms with E-state index in [9.17, 15) is 10.2 Å². The fourth-order valence-electron chi connectivity index (χ4n) is 0.928. The number of aliphatic hydroxyl groups excluding tert-OH is 1. The van der Waals surface area contributed by atoms with Gasteiger partial charge in [-0.1, -0.05) is 6.92 Å². The zero-order valence-corrected chi connectivity index (χ0v) is 6.79. The molecule has 0 aromatic rings. The maximum Gasteiger partial charge on any atom is 0.162 e. The summed E-state index contributed by atoms with van der Waals surface area (Å²) in [4.78, 5) is 0. The first-order chi connectivity index (χ1) is 5.12. The molecule has 0 saturated carbocycles. The summed E-state index contributed by atoms with van der Waals surface area (Å²) in [5.74, 6) is -1.57. The van der Waals surface area contributed by atoms with E-state index >= 15 is 0 Å². The van der Waals surface area contributed by atoms with E-state index in [1.807, 2.05) is 0 Å². The van der Waals surface area contributed by atoms with Gasteiger partial charge in [0, 0.05) is 19.4 Å². The summed E-state index contributed by atoms with van der Waals surface area (Å²) in [6.45, 7) is 3.64. The quantitative estimate of drug-likeness (QED) is 0.391. The summed E-state index contributed by atoms with van der Waals surface area (Å²) >= 11 is 0. The first kappa shape index (κ1) is 10.9. The highest BCUT2D eigenvalue weighted by atomic mass is 16.5. The van der Waals surface area contributed by atoms with Gasteiger partial charge in [0.2, 0.25) is 0 Å². The van der Waals surface area contributed by atoms with Gasteiger partial charge in [0.25, 0.3) is 0 Å². The molecule has 0 atom stereocenters. The third-order valence-electron chi connectivity index (χ3n) is 1.56. The first-order valence-electron chi connectivity index (χ1n) is 3.97. The Bertz CT molecular complexity index is 91.3. The van der Waals surface area contributed by atoms with Gasteiger partial charge in [0.15, 0.2) is 5.79 Å². The molecule has 0 heterocycles. The molecule has 67 valence electrons. The molecule has 0 bridgehead atoms. The van der Waals surface area contributed by atoms with Crippen molar-refractivity contribution in [2.24, 2.45) is 0 Å². The van der Waals surface area contributed by atoms with Crippen LogP contribution in [0.3, 0.4) is 0 Å². The van der Waals surface area contributed by atoms with E-state index in [0.29, 0.717) is 32.1 Å². The van der Waals surface area contributed by atoms with Gasteiger partial charge in [-0.3, -0.25) is 0 Å². The molecule has 3 heteroatoms. The van der Waals surface area contributed by atoms with Crippen LogP contribution in [0.4, 0.5) is 0 Å². The highest BCUT2D eigenvalue weighted by Crippen LogP contribution is 2.16. The van der Waals surface area contributed by atoms with Crippen LogP contribution in [0.2, 0.25) is 0 Å². The summed E-state index contributed by atoms with van der Waals surface area (Å²) in [6.07, 6.45) is 2.41. The van der Waals surface area contributed by atoms with Crippen LogP contribution >= 0.6 is 0 Å². The Balaban J connectivity index is 3.38. The number of hydrogen-bond donors (Lipinski definition) is 3. The van der Waals surface area contributed by atoms with E-state index in [0.717, 1.165) is 0 Å². The fourth-order valence-corrected chi connectivity index (χ4v) is 0.928. The molecule has 0 aromatic carbocycles. The lowest BCUT2D eigenvalue weighted by atomic mass is 10.0. The van der Waals surface area contributed by atoms with Crippen LogP contribution in [0.25, 0.3) is 0 Å². The Labute approximate surface area is 67.7 Å². The molecular formula is C8H17O3. The molecule has 11 heavy (non-hydrogen) atoms. The van der Waals surface area contributed by atoms with Crippen molar-refractivity contribution >= 4 is 0 Å². The summed E-state index contributed by atoms with van der Waals surface area (Å²) in [5.41, 5.74) is 0. The van der Waals surface area contributed by atoms with Crippen LogP contribution in [0.1, 0.15) is 32.1 Å². The Hall–Kier alpha value is -0.120. The lowest BCUT2D eigenvalue weighted by Gasteiger charge is -2.20. The van der Waals surface area contributed by atoms with Crippen molar-refractivity contribution in [2.45, 2.75) is 37.9 Å². The highest BCUT2D eigenvalue weighted by Gasteiger charge is 2.20. The van der Waals surface area contributed by atoms with Gasteiger partial charge in [0.1, 0.15) is 0 Å².